The van der Waals surface area contributed by atoms with Gasteiger partial charge in [-0.05, 0) is 61.1 Å². The second-order valence-electron chi connectivity index (χ2n) is 11.1. The largest absolute Gasteiger partial charge is 0.496 e. The molecule has 198 valence electrons. The second kappa shape index (κ2) is 9.20. The van der Waals surface area contributed by atoms with Crippen molar-refractivity contribution in [2.75, 3.05) is 33.5 Å². The van der Waals surface area contributed by atoms with E-state index in [2.05, 4.69) is 14.9 Å². The lowest BCUT2D eigenvalue weighted by molar-refractivity contribution is -0.186. The van der Waals surface area contributed by atoms with E-state index in [-0.39, 0.29) is 30.7 Å². The summed E-state index contributed by atoms with van der Waals surface area (Å²) in [5.74, 6) is -2.14. The molecule has 1 aliphatic carbocycles. The highest BCUT2D eigenvalue weighted by atomic mass is 19.3. The Balaban J connectivity index is 1.30. The summed E-state index contributed by atoms with van der Waals surface area (Å²) in [5.41, 5.74) is 3.41. The van der Waals surface area contributed by atoms with Crippen molar-refractivity contribution in [3.8, 4) is 11.6 Å². The highest BCUT2D eigenvalue weighted by Gasteiger charge is 2.58. The van der Waals surface area contributed by atoms with E-state index >= 15 is 4.39 Å². The Morgan fingerprint density at radius 3 is 2.73 bits per heavy atom. The van der Waals surface area contributed by atoms with Crippen LogP contribution in [-0.4, -0.2) is 54.3 Å². The first-order valence-corrected chi connectivity index (χ1v) is 12.9. The number of aromatic nitrogens is 2. The van der Waals surface area contributed by atoms with E-state index in [0.29, 0.717) is 51.3 Å². The molecule has 1 aromatic carbocycles. The zero-order valence-corrected chi connectivity index (χ0v) is 21.2. The van der Waals surface area contributed by atoms with Gasteiger partial charge in [-0.15, -0.1) is 0 Å². The van der Waals surface area contributed by atoms with Gasteiger partial charge >= 0.3 is 0 Å². The second-order valence-corrected chi connectivity index (χ2v) is 11.1. The van der Waals surface area contributed by atoms with E-state index < -0.39 is 17.2 Å². The van der Waals surface area contributed by atoms with E-state index in [1.165, 1.54) is 6.07 Å². The van der Waals surface area contributed by atoms with E-state index in [9.17, 15) is 8.78 Å². The molecule has 0 radical (unpaired) electrons. The standard InChI is InChI=1S/C28H32F3N3O3/c1-17-7-24(35-2)21(20-3-5-32-25(17)20)11-34-6-4-27(15-28(30,31)16-27)9-23(34)19-8-22(29)26(33-10-19)37-14-18-12-36-13-18/h3,5,7-8,10,18,23,32H,4,6,9,11-16H2,1-2H3. The summed E-state index contributed by atoms with van der Waals surface area (Å²) < 4.78 is 59.5. The number of benzene rings is 1. The third kappa shape index (κ3) is 4.56. The lowest BCUT2D eigenvalue weighted by Gasteiger charge is -2.54. The Hall–Kier alpha value is -2.78. The molecule has 9 heteroatoms. The van der Waals surface area contributed by atoms with E-state index in [4.69, 9.17) is 14.2 Å². The zero-order valence-electron chi connectivity index (χ0n) is 21.2. The van der Waals surface area contributed by atoms with Crippen LogP contribution in [-0.2, 0) is 11.3 Å². The summed E-state index contributed by atoms with van der Waals surface area (Å²) in [7, 11) is 1.66. The topological polar surface area (TPSA) is 59.6 Å². The van der Waals surface area contributed by atoms with Gasteiger partial charge in [0.2, 0.25) is 11.8 Å². The molecule has 0 bridgehead atoms. The van der Waals surface area contributed by atoms with Crippen LogP contribution in [0.3, 0.4) is 0 Å². The summed E-state index contributed by atoms with van der Waals surface area (Å²) in [6.07, 6.45) is 4.55. The van der Waals surface area contributed by atoms with Crippen LogP contribution in [0.15, 0.2) is 30.6 Å². The minimum absolute atomic E-state index is 0.0304. The molecule has 1 spiro atoms. The average Bonchev–Trinajstić information content (AvgIpc) is 3.31. The molecule has 1 N–H and O–H groups in total. The van der Waals surface area contributed by atoms with Gasteiger partial charge in [0.1, 0.15) is 5.75 Å². The predicted molar refractivity (Wildman–Crippen MR) is 133 cm³/mol. The highest BCUT2D eigenvalue weighted by Crippen LogP contribution is 2.60. The lowest BCUT2D eigenvalue weighted by atomic mass is 9.59. The number of alkyl halides is 2. The van der Waals surface area contributed by atoms with E-state index in [0.717, 1.165) is 27.8 Å². The lowest BCUT2D eigenvalue weighted by Crippen LogP contribution is -2.53. The van der Waals surface area contributed by atoms with E-state index in [1.54, 1.807) is 13.3 Å². The molecule has 2 aromatic heterocycles. The first-order chi connectivity index (χ1) is 17.8. The molecule has 1 unspecified atom stereocenters. The van der Waals surface area contributed by atoms with Crippen LogP contribution in [0.5, 0.6) is 11.6 Å². The number of hydrogen-bond donors (Lipinski definition) is 1. The van der Waals surface area contributed by atoms with Gasteiger partial charge in [0.05, 0.1) is 26.9 Å². The number of nitrogens with zero attached hydrogens (tertiary/aromatic N) is 2. The van der Waals surface area contributed by atoms with Gasteiger partial charge in [-0.3, -0.25) is 4.90 Å². The van der Waals surface area contributed by atoms with Crippen molar-refractivity contribution < 1.29 is 27.4 Å². The number of aromatic amines is 1. The maximum absolute atomic E-state index is 15.1. The fourth-order valence-corrected chi connectivity index (χ4v) is 6.35. The highest BCUT2D eigenvalue weighted by molar-refractivity contribution is 5.88. The Bertz CT molecular complexity index is 1300. The smallest absolute Gasteiger partial charge is 0.250 e. The van der Waals surface area contributed by atoms with Crippen LogP contribution < -0.4 is 9.47 Å². The van der Waals surface area contributed by atoms with Crippen LogP contribution in [0.25, 0.3) is 10.9 Å². The maximum atomic E-state index is 15.1. The van der Waals surface area contributed by atoms with Crippen molar-refractivity contribution in [1.82, 2.24) is 14.9 Å². The molecular weight excluding hydrogens is 483 g/mol. The molecule has 3 aromatic rings. The number of rotatable bonds is 7. The first kappa shape index (κ1) is 24.6. The normalized spacial score (nSPS) is 23.1. The Morgan fingerprint density at radius 1 is 1.24 bits per heavy atom. The summed E-state index contributed by atoms with van der Waals surface area (Å²) in [6, 6.07) is 5.27. The monoisotopic (exact) mass is 515 g/mol. The predicted octanol–water partition coefficient (Wildman–Crippen LogP) is 5.80. The molecule has 2 saturated heterocycles. The summed E-state index contributed by atoms with van der Waals surface area (Å²) in [6.45, 7) is 4.80. The van der Waals surface area contributed by atoms with Gasteiger partial charge in [-0.2, -0.15) is 0 Å². The van der Waals surface area contributed by atoms with Crippen LogP contribution >= 0.6 is 0 Å². The number of fused-ring (bicyclic) bond motifs is 1. The number of halogens is 3. The van der Waals surface area contributed by atoms with Crippen LogP contribution in [0.4, 0.5) is 13.2 Å². The maximum Gasteiger partial charge on any atom is 0.250 e. The summed E-state index contributed by atoms with van der Waals surface area (Å²) in [4.78, 5) is 9.85. The van der Waals surface area contributed by atoms with Gasteiger partial charge in [0, 0.05) is 60.2 Å². The first-order valence-electron chi connectivity index (χ1n) is 12.9. The van der Waals surface area contributed by atoms with Gasteiger partial charge in [-0.1, -0.05) is 0 Å². The molecule has 6 rings (SSSR count). The third-order valence-electron chi connectivity index (χ3n) is 8.33. The molecule has 4 heterocycles. The SMILES string of the molecule is COc1cc(C)c2[nH]ccc2c1CN1CCC2(CC1c1cnc(OCC3COC3)c(F)c1)CC(F)(F)C2. The van der Waals surface area contributed by atoms with Gasteiger partial charge in [0.15, 0.2) is 5.82 Å². The molecule has 6 nitrogen and oxygen atoms in total. The Labute approximate surface area is 214 Å². The van der Waals surface area contributed by atoms with Crippen LogP contribution in [0, 0.1) is 24.1 Å². The number of aryl methyl sites for hydroxylation is 1. The van der Waals surface area contributed by atoms with Crippen LogP contribution in [0.1, 0.15) is 48.4 Å². The van der Waals surface area contributed by atoms with Crippen molar-refractivity contribution in [2.24, 2.45) is 11.3 Å². The van der Waals surface area contributed by atoms with Crippen molar-refractivity contribution in [3.63, 3.8) is 0 Å². The third-order valence-corrected chi connectivity index (χ3v) is 8.33. The van der Waals surface area contributed by atoms with Gasteiger partial charge < -0.3 is 19.2 Å². The number of pyridine rings is 1. The molecule has 1 atom stereocenters. The van der Waals surface area contributed by atoms with Crippen molar-refractivity contribution in [3.05, 3.63) is 53.1 Å². The zero-order chi connectivity index (χ0) is 25.8. The molecule has 37 heavy (non-hydrogen) atoms. The number of methoxy groups -OCH3 is 1. The number of piperidine rings is 1. The molecule has 3 aliphatic rings. The van der Waals surface area contributed by atoms with Crippen molar-refractivity contribution >= 4 is 10.9 Å². The fraction of sp³-hybridized carbons (Fsp3) is 0.536. The molecule has 3 fully saturated rings. The fourth-order valence-electron chi connectivity index (χ4n) is 6.35. The number of likely N-dealkylation sites (tertiary alicyclic amines) is 1. The van der Waals surface area contributed by atoms with Crippen molar-refractivity contribution in [1.29, 1.82) is 0 Å². The molecular formula is C28H32F3N3O3. The molecule has 1 saturated carbocycles. The van der Waals surface area contributed by atoms with Crippen molar-refractivity contribution in [2.45, 2.75) is 51.1 Å². The molecule has 2 aliphatic heterocycles. The minimum atomic E-state index is -2.61. The number of nitrogens with one attached hydrogen (secondary N) is 1. The number of H-pyrrole nitrogens is 1. The Kier molecular flexibility index (Phi) is 6.11. The summed E-state index contributed by atoms with van der Waals surface area (Å²) >= 11 is 0. The van der Waals surface area contributed by atoms with Gasteiger partial charge in [0.25, 0.3) is 0 Å². The molecule has 0 amide bonds. The Morgan fingerprint density at radius 2 is 2.05 bits per heavy atom. The summed E-state index contributed by atoms with van der Waals surface area (Å²) in [5, 5.41) is 1.07. The van der Waals surface area contributed by atoms with Crippen LogP contribution in [0.2, 0.25) is 0 Å². The quantitative estimate of drug-likeness (QED) is 0.431. The van der Waals surface area contributed by atoms with Gasteiger partial charge in [-0.25, -0.2) is 18.2 Å². The number of hydrogen-bond acceptors (Lipinski definition) is 5. The minimum Gasteiger partial charge on any atom is -0.496 e. The average molecular weight is 516 g/mol. The van der Waals surface area contributed by atoms with E-state index in [1.807, 2.05) is 25.3 Å². The number of ether oxygens (including phenoxy) is 3.